The molecule has 0 aliphatic carbocycles. The molecule has 0 aliphatic heterocycles. The third-order valence-corrected chi connectivity index (χ3v) is 3.74. The highest BCUT2D eigenvalue weighted by atomic mass is 32.1. The van der Waals surface area contributed by atoms with Gasteiger partial charge in [0.15, 0.2) is 0 Å². The van der Waals surface area contributed by atoms with Gasteiger partial charge >= 0.3 is 0 Å². The predicted molar refractivity (Wildman–Crippen MR) is 79.6 cm³/mol. The highest BCUT2D eigenvalue weighted by molar-refractivity contribution is 7.14. The molecule has 4 heteroatoms. The lowest BCUT2D eigenvalue weighted by atomic mass is 10.2. The van der Waals surface area contributed by atoms with Crippen molar-refractivity contribution in [1.29, 1.82) is 0 Å². The van der Waals surface area contributed by atoms with Gasteiger partial charge in [0.05, 0.1) is 0 Å². The molecule has 1 aromatic carbocycles. The van der Waals surface area contributed by atoms with Gasteiger partial charge in [-0.05, 0) is 37.1 Å². The van der Waals surface area contributed by atoms with E-state index >= 15 is 0 Å². The van der Waals surface area contributed by atoms with Crippen LogP contribution in [0.15, 0.2) is 36.4 Å². The molecule has 0 spiro atoms. The van der Waals surface area contributed by atoms with Crippen molar-refractivity contribution in [2.24, 2.45) is 0 Å². The fourth-order valence-corrected chi connectivity index (χ4v) is 2.37. The molecule has 0 N–H and O–H groups in total. The number of allylic oxidation sites excluding steroid dienone is 1. The first-order chi connectivity index (χ1) is 9.33. The first-order valence-corrected chi connectivity index (χ1v) is 7.35. The summed E-state index contributed by atoms with van der Waals surface area (Å²) >= 11 is 1.64. The maximum absolute atomic E-state index is 5.61. The number of aryl methyl sites for hydroxylation is 1. The molecule has 0 unspecified atom stereocenters. The summed E-state index contributed by atoms with van der Waals surface area (Å²) in [4.78, 5) is 0. The fourth-order valence-electron chi connectivity index (χ4n) is 1.59. The van der Waals surface area contributed by atoms with Gasteiger partial charge in [-0.2, -0.15) is 0 Å². The minimum Gasteiger partial charge on any atom is -0.490 e. The molecule has 100 valence electrons. The second kappa shape index (κ2) is 7.04. The Balaban J connectivity index is 1.99. The molecule has 2 aromatic rings. The van der Waals surface area contributed by atoms with Gasteiger partial charge < -0.3 is 4.74 Å². The van der Waals surface area contributed by atoms with Crippen molar-refractivity contribution in [2.45, 2.75) is 26.7 Å². The molecule has 2 rings (SSSR count). The van der Waals surface area contributed by atoms with Crippen molar-refractivity contribution in [3.63, 3.8) is 0 Å². The van der Waals surface area contributed by atoms with E-state index in [1.54, 1.807) is 11.3 Å². The maximum Gasteiger partial charge on any atom is 0.147 e. The lowest BCUT2D eigenvalue weighted by Crippen LogP contribution is -1.92. The van der Waals surface area contributed by atoms with E-state index in [1.807, 2.05) is 30.3 Å². The van der Waals surface area contributed by atoms with Gasteiger partial charge in [-0.15, -0.1) is 10.2 Å². The summed E-state index contributed by atoms with van der Waals surface area (Å²) in [6, 6.07) is 8.00. The summed E-state index contributed by atoms with van der Waals surface area (Å²) < 4.78 is 5.61. The number of nitrogens with zero attached hydrogens (tertiary/aromatic N) is 2. The Morgan fingerprint density at radius 1 is 1.11 bits per heavy atom. The zero-order valence-electron chi connectivity index (χ0n) is 11.3. The van der Waals surface area contributed by atoms with E-state index in [0.717, 1.165) is 34.2 Å². The van der Waals surface area contributed by atoms with Gasteiger partial charge in [-0.3, -0.25) is 0 Å². The SMILES string of the molecule is CCC=CCOc1ccc(-c2nnc(CC)s2)cc1. The van der Waals surface area contributed by atoms with Crippen molar-refractivity contribution in [1.82, 2.24) is 10.2 Å². The van der Waals surface area contributed by atoms with Crippen LogP contribution in [-0.2, 0) is 6.42 Å². The second-order valence-corrected chi connectivity index (χ2v) is 5.13. The number of hydrogen-bond donors (Lipinski definition) is 0. The fraction of sp³-hybridized carbons (Fsp3) is 0.333. The van der Waals surface area contributed by atoms with Crippen LogP contribution in [0.5, 0.6) is 5.75 Å². The van der Waals surface area contributed by atoms with Gasteiger partial charge in [0, 0.05) is 5.56 Å². The first kappa shape index (κ1) is 13.7. The third kappa shape index (κ3) is 3.89. The van der Waals surface area contributed by atoms with E-state index < -0.39 is 0 Å². The molecule has 19 heavy (non-hydrogen) atoms. The van der Waals surface area contributed by atoms with Crippen LogP contribution in [0.3, 0.4) is 0 Å². The van der Waals surface area contributed by atoms with E-state index in [9.17, 15) is 0 Å². The van der Waals surface area contributed by atoms with Crippen molar-refractivity contribution in [2.75, 3.05) is 6.61 Å². The summed E-state index contributed by atoms with van der Waals surface area (Å²) in [6.45, 7) is 4.81. The average molecular weight is 274 g/mol. The van der Waals surface area contributed by atoms with Crippen LogP contribution in [0.2, 0.25) is 0 Å². The van der Waals surface area contributed by atoms with E-state index in [1.165, 1.54) is 0 Å². The Morgan fingerprint density at radius 2 is 1.89 bits per heavy atom. The summed E-state index contributed by atoms with van der Waals surface area (Å²) in [6.07, 6.45) is 6.11. The molecule has 1 heterocycles. The minimum absolute atomic E-state index is 0.617. The summed E-state index contributed by atoms with van der Waals surface area (Å²) in [5.74, 6) is 0.879. The zero-order valence-corrected chi connectivity index (χ0v) is 12.1. The van der Waals surface area contributed by atoms with Crippen molar-refractivity contribution >= 4 is 11.3 Å². The molecule has 0 bridgehead atoms. The monoisotopic (exact) mass is 274 g/mol. The van der Waals surface area contributed by atoms with Crippen molar-refractivity contribution in [3.8, 4) is 16.3 Å². The number of benzene rings is 1. The van der Waals surface area contributed by atoms with Crippen molar-refractivity contribution in [3.05, 3.63) is 41.4 Å². The number of rotatable bonds is 6. The molecule has 0 saturated heterocycles. The summed E-state index contributed by atoms with van der Waals surface area (Å²) in [7, 11) is 0. The zero-order chi connectivity index (χ0) is 13.5. The van der Waals surface area contributed by atoms with Crippen LogP contribution >= 0.6 is 11.3 Å². The van der Waals surface area contributed by atoms with Gasteiger partial charge in [0.1, 0.15) is 22.4 Å². The summed E-state index contributed by atoms with van der Waals surface area (Å²) in [5.41, 5.74) is 1.09. The van der Waals surface area contributed by atoms with E-state index in [4.69, 9.17) is 4.74 Å². The topological polar surface area (TPSA) is 35.0 Å². The summed E-state index contributed by atoms with van der Waals surface area (Å²) in [5, 5.41) is 10.4. The molecule has 1 aromatic heterocycles. The highest BCUT2D eigenvalue weighted by Gasteiger charge is 2.05. The molecule has 0 fully saturated rings. The van der Waals surface area contributed by atoms with Gasteiger partial charge in [0.2, 0.25) is 0 Å². The van der Waals surface area contributed by atoms with Crippen LogP contribution in [0.4, 0.5) is 0 Å². The standard InChI is InChI=1S/C15H18N2OS/c1-3-5-6-11-18-13-9-7-12(8-10-13)15-17-16-14(4-2)19-15/h5-10H,3-4,11H2,1-2H3. The van der Waals surface area contributed by atoms with Crippen LogP contribution < -0.4 is 4.74 Å². The van der Waals surface area contributed by atoms with Crippen molar-refractivity contribution < 1.29 is 4.74 Å². The smallest absolute Gasteiger partial charge is 0.147 e. The Morgan fingerprint density at radius 3 is 2.53 bits per heavy atom. The molecule has 3 nitrogen and oxygen atoms in total. The first-order valence-electron chi connectivity index (χ1n) is 6.54. The van der Waals surface area contributed by atoms with Crippen LogP contribution in [0, 0.1) is 0 Å². The number of aromatic nitrogens is 2. The minimum atomic E-state index is 0.617. The highest BCUT2D eigenvalue weighted by Crippen LogP contribution is 2.25. The normalized spacial score (nSPS) is 11.1. The van der Waals surface area contributed by atoms with E-state index in [2.05, 4.69) is 30.1 Å². The Hall–Kier alpha value is -1.68. The average Bonchev–Trinajstić information content (AvgIpc) is 2.93. The molecular weight excluding hydrogens is 256 g/mol. The van der Waals surface area contributed by atoms with Crippen LogP contribution in [-0.4, -0.2) is 16.8 Å². The molecule has 0 radical (unpaired) electrons. The van der Waals surface area contributed by atoms with Gasteiger partial charge in [-0.1, -0.05) is 37.3 Å². The molecule has 0 saturated carbocycles. The maximum atomic E-state index is 5.61. The molecule has 0 amide bonds. The number of ether oxygens (including phenoxy) is 1. The lowest BCUT2D eigenvalue weighted by Gasteiger charge is -2.03. The van der Waals surface area contributed by atoms with Crippen LogP contribution in [0.25, 0.3) is 10.6 Å². The Bertz CT molecular complexity index is 531. The predicted octanol–water partition coefficient (Wildman–Crippen LogP) is 4.11. The lowest BCUT2D eigenvalue weighted by molar-refractivity contribution is 0.362. The van der Waals surface area contributed by atoms with E-state index in [-0.39, 0.29) is 0 Å². The quantitative estimate of drug-likeness (QED) is 0.743. The van der Waals surface area contributed by atoms with Gasteiger partial charge in [0.25, 0.3) is 0 Å². The molecular formula is C15H18N2OS. The molecule has 0 atom stereocenters. The second-order valence-electron chi connectivity index (χ2n) is 4.07. The Labute approximate surface area is 118 Å². The largest absolute Gasteiger partial charge is 0.490 e. The molecule has 0 aliphatic rings. The Kier molecular flexibility index (Phi) is 5.10. The number of hydrogen-bond acceptors (Lipinski definition) is 4. The van der Waals surface area contributed by atoms with Crippen LogP contribution in [0.1, 0.15) is 25.3 Å². The van der Waals surface area contributed by atoms with Gasteiger partial charge in [-0.25, -0.2) is 0 Å². The third-order valence-electron chi connectivity index (χ3n) is 2.62. The van der Waals surface area contributed by atoms with E-state index in [0.29, 0.717) is 6.61 Å².